The first-order chi connectivity index (χ1) is 9.60. The van der Waals surface area contributed by atoms with Crippen molar-refractivity contribution in [1.29, 1.82) is 0 Å². The number of hydrogen-bond donors (Lipinski definition) is 2. The van der Waals surface area contributed by atoms with E-state index in [1.54, 1.807) is 18.4 Å². The van der Waals surface area contributed by atoms with E-state index in [-0.39, 0.29) is 6.10 Å². The van der Waals surface area contributed by atoms with Crippen molar-refractivity contribution in [3.05, 3.63) is 16.1 Å². The highest BCUT2D eigenvalue weighted by atomic mass is 32.1. The van der Waals surface area contributed by atoms with Gasteiger partial charge in [0.1, 0.15) is 0 Å². The average molecular weight is 296 g/mol. The molecule has 1 saturated carbocycles. The second-order valence-corrected chi connectivity index (χ2v) is 6.46. The maximum atomic E-state index is 9.85. The van der Waals surface area contributed by atoms with Crippen molar-refractivity contribution in [2.75, 3.05) is 20.6 Å². The second kappa shape index (κ2) is 7.04. The minimum atomic E-state index is -0.160. The Labute approximate surface area is 124 Å². The van der Waals surface area contributed by atoms with Crippen LogP contribution in [0.3, 0.4) is 0 Å². The third-order valence-electron chi connectivity index (χ3n) is 3.78. The van der Waals surface area contributed by atoms with E-state index in [9.17, 15) is 5.11 Å². The first kappa shape index (κ1) is 15.3. The Hall–Kier alpha value is -1.14. The Morgan fingerprint density at radius 3 is 2.95 bits per heavy atom. The molecule has 1 aliphatic carbocycles. The number of aliphatic hydroxyl groups is 1. The van der Waals surface area contributed by atoms with Gasteiger partial charge >= 0.3 is 0 Å². The Morgan fingerprint density at radius 2 is 2.40 bits per heavy atom. The van der Waals surface area contributed by atoms with Gasteiger partial charge in [0, 0.05) is 31.9 Å². The molecule has 2 N–H and O–H groups in total. The van der Waals surface area contributed by atoms with Crippen molar-refractivity contribution in [1.82, 2.24) is 15.2 Å². The third-order valence-corrected chi connectivity index (χ3v) is 4.60. The van der Waals surface area contributed by atoms with Crippen molar-refractivity contribution in [2.24, 2.45) is 10.9 Å². The highest BCUT2D eigenvalue weighted by Gasteiger charge is 2.25. The topological polar surface area (TPSA) is 60.8 Å². The van der Waals surface area contributed by atoms with Gasteiger partial charge in [0.2, 0.25) is 0 Å². The van der Waals surface area contributed by atoms with Gasteiger partial charge in [-0.1, -0.05) is 6.42 Å². The zero-order valence-corrected chi connectivity index (χ0v) is 13.3. The summed E-state index contributed by atoms with van der Waals surface area (Å²) in [5, 5.41) is 16.4. The molecule has 0 saturated heterocycles. The number of aryl methyl sites for hydroxylation is 1. The molecule has 0 aliphatic heterocycles. The van der Waals surface area contributed by atoms with Gasteiger partial charge in [0.25, 0.3) is 0 Å². The van der Waals surface area contributed by atoms with E-state index in [0.717, 1.165) is 49.0 Å². The second-order valence-electron chi connectivity index (χ2n) is 5.40. The van der Waals surface area contributed by atoms with Gasteiger partial charge in [-0.2, -0.15) is 0 Å². The number of aliphatic imine (C=N–C) groups is 1. The van der Waals surface area contributed by atoms with Crippen LogP contribution in [0, 0.1) is 12.8 Å². The first-order valence-electron chi connectivity index (χ1n) is 7.11. The Balaban J connectivity index is 1.84. The zero-order chi connectivity index (χ0) is 14.5. The van der Waals surface area contributed by atoms with E-state index in [4.69, 9.17) is 0 Å². The number of nitrogens with one attached hydrogen (secondary N) is 1. The number of aliphatic hydroxyl groups excluding tert-OH is 1. The number of nitrogens with zero attached hydrogens (tertiary/aromatic N) is 3. The van der Waals surface area contributed by atoms with Gasteiger partial charge in [-0.15, -0.1) is 11.3 Å². The molecule has 1 aromatic heterocycles. The van der Waals surface area contributed by atoms with Gasteiger partial charge in [-0.3, -0.25) is 4.99 Å². The normalized spacial score (nSPS) is 23.1. The summed E-state index contributed by atoms with van der Waals surface area (Å²) in [5.74, 6) is 1.21. The number of guanidine groups is 1. The standard InChI is InChI=1S/C14H24N4OS/c1-10-17-12(9-20-10)8-18(3)14(15-2)16-7-11-5-4-6-13(11)19/h9,11,13,19H,4-8H2,1-3H3,(H,15,16). The molecular weight excluding hydrogens is 272 g/mol. The van der Waals surface area contributed by atoms with Gasteiger partial charge in [0.15, 0.2) is 5.96 Å². The first-order valence-corrected chi connectivity index (χ1v) is 7.99. The molecule has 2 rings (SSSR count). The molecule has 0 aromatic carbocycles. The fourth-order valence-corrected chi connectivity index (χ4v) is 3.27. The molecule has 20 heavy (non-hydrogen) atoms. The van der Waals surface area contributed by atoms with E-state index >= 15 is 0 Å². The van der Waals surface area contributed by atoms with Crippen LogP contribution >= 0.6 is 11.3 Å². The summed E-state index contributed by atoms with van der Waals surface area (Å²) >= 11 is 1.67. The van der Waals surface area contributed by atoms with Crippen LogP contribution < -0.4 is 5.32 Å². The van der Waals surface area contributed by atoms with Crippen LogP contribution in [0.25, 0.3) is 0 Å². The predicted octanol–water partition coefficient (Wildman–Crippen LogP) is 1.62. The summed E-state index contributed by atoms with van der Waals surface area (Å²) in [6.45, 7) is 3.55. The Bertz CT molecular complexity index is 460. The van der Waals surface area contributed by atoms with E-state index in [0.29, 0.717) is 5.92 Å². The fraction of sp³-hybridized carbons (Fsp3) is 0.714. The van der Waals surface area contributed by atoms with Crippen molar-refractivity contribution < 1.29 is 5.11 Å². The van der Waals surface area contributed by atoms with Crippen molar-refractivity contribution in [2.45, 2.75) is 38.8 Å². The van der Waals surface area contributed by atoms with E-state index < -0.39 is 0 Å². The molecule has 0 bridgehead atoms. The quantitative estimate of drug-likeness (QED) is 0.655. The minimum absolute atomic E-state index is 0.160. The van der Waals surface area contributed by atoms with Crippen LogP contribution in [0.2, 0.25) is 0 Å². The molecule has 5 nitrogen and oxygen atoms in total. The van der Waals surface area contributed by atoms with Crippen LogP contribution in [0.15, 0.2) is 10.4 Å². The lowest BCUT2D eigenvalue weighted by Gasteiger charge is -2.23. The summed E-state index contributed by atoms with van der Waals surface area (Å²) in [5.41, 5.74) is 1.07. The van der Waals surface area contributed by atoms with Crippen molar-refractivity contribution in [3.8, 4) is 0 Å². The maximum absolute atomic E-state index is 9.85. The van der Waals surface area contributed by atoms with Gasteiger partial charge < -0.3 is 15.3 Å². The summed E-state index contributed by atoms with van der Waals surface area (Å²) in [6, 6.07) is 0. The van der Waals surface area contributed by atoms with E-state index in [2.05, 4.69) is 25.6 Å². The Kier molecular flexibility index (Phi) is 5.37. The third kappa shape index (κ3) is 3.93. The molecule has 2 atom stereocenters. The van der Waals surface area contributed by atoms with Crippen LogP contribution in [0.1, 0.15) is 30.0 Å². The van der Waals surface area contributed by atoms with Crippen LogP contribution in [-0.4, -0.2) is 47.7 Å². The van der Waals surface area contributed by atoms with Gasteiger partial charge in [0.05, 0.1) is 23.4 Å². The lowest BCUT2D eigenvalue weighted by Crippen LogP contribution is -2.41. The van der Waals surface area contributed by atoms with Gasteiger partial charge in [-0.05, 0) is 19.8 Å². The number of rotatable bonds is 4. The zero-order valence-electron chi connectivity index (χ0n) is 12.5. The monoisotopic (exact) mass is 296 g/mol. The molecule has 0 spiro atoms. The molecule has 0 amide bonds. The highest BCUT2D eigenvalue weighted by molar-refractivity contribution is 7.09. The highest BCUT2D eigenvalue weighted by Crippen LogP contribution is 2.24. The van der Waals surface area contributed by atoms with Crippen LogP contribution in [-0.2, 0) is 6.54 Å². The fourth-order valence-electron chi connectivity index (χ4n) is 2.66. The summed E-state index contributed by atoms with van der Waals surface area (Å²) in [7, 11) is 3.80. The molecule has 1 heterocycles. The molecule has 0 radical (unpaired) electrons. The SMILES string of the molecule is CN=C(NCC1CCCC1O)N(C)Cc1csc(C)n1. The Morgan fingerprint density at radius 1 is 1.60 bits per heavy atom. The minimum Gasteiger partial charge on any atom is -0.393 e. The summed E-state index contributed by atoms with van der Waals surface area (Å²) in [4.78, 5) is 10.8. The molecular formula is C14H24N4OS. The molecule has 1 aliphatic rings. The molecule has 6 heteroatoms. The lowest BCUT2D eigenvalue weighted by molar-refractivity contribution is 0.134. The van der Waals surface area contributed by atoms with Crippen LogP contribution in [0.4, 0.5) is 0 Å². The van der Waals surface area contributed by atoms with E-state index in [1.165, 1.54) is 0 Å². The number of hydrogen-bond acceptors (Lipinski definition) is 4. The van der Waals surface area contributed by atoms with Gasteiger partial charge in [-0.25, -0.2) is 4.98 Å². The van der Waals surface area contributed by atoms with Crippen LogP contribution in [0.5, 0.6) is 0 Å². The van der Waals surface area contributed by atoms with E-state index in [1.807, 2.05) is 14.0 Å². The summed E-state index contributed by atoms with van der Waals surface area (Å²) in [6.07, 6.45) is 2.99. The molecule has 112 valence electrons. The predicted molar refractivity (Wildman–Crippen MR) is 83.0 cm³/mol. The molecule has 1 fully saturated rings. The number of thiazole rings is 1. The largest absolute Gasteiger partial charge is 0.393 e. The average Bonchev–Trinajstić information content (AvgIpc) is 3.00. The smallest absolute Gasteiger partial charge is 0.193 e. The lowest BCUT2D eigenvalue weighted by atomic mass is 10.1. The van der Waals surface area contributed by atoms with Crippen molar-refractivity contribution >= 4 is 17.3 Å². The number of aromatic nitrogens is 1. The maximum Gasteiger partial charge on any atom is 0.193 e. The van der Waals surface area contributed by atoms with Crippen molar-refractivity contribution in [3.63, 3.8) is 0 Å². The summed E-state index contributed by atoms with van der Waals surface area (Å²) < 4.78 is 0. The molecule has 1 aromatic rings. The molecule has 2 unspecified atom stereocenters.